The predicted molar refractivity (Wildman–Crippen MR) is 77.7 cm³/mol. The molecule has 0 radical (unpaired) electrons. The Morgan fingerprint density at radius 3 is 2.31 bits per heavy atom. The first-order valence-corrected chi connectivity index (χ1v) is 7.81. The van der Waals surface area contributed by atoms with Crippen LogP contribution in [0.5, 0.6) is 0 Å². The second-order valence-corrected chi connectivity index (χ2v) is 6.33. The molecule has 0 aliphatic carbocycles. The number of carbonyl (C=O) groups excluding carboxylic acids is 1. The van der Waals surface area contributed by atoms with Gasteiger partial charge >= 0.3 is 11.9 Å². The lowest BCUT2D eigenvalue weighted by Gasteiger charge is -2.50. The standard InChI is InChI=1S/C14H22O12/c15-5-2-25-13(11(21)9(5)19)14(23)4-26-6(10(20)12(14)22)3-24-8(18)1-7(16)17/h5-6,9-13,15,19-23H,1-4H2,(H,16,17)/t5-,6-,9+,10-,11-,12+,13-,14+/m1/s1. The average molecular weight is 382 g/mol. The SMILES string of the molecule is O=C(O)CC(=O)OC[C@H]1OC[C@@](O)([C@@H]2OC[C@@H](O)[C@H](O)[C@H]2O)[C@@H](O)[C@@H]1O. The zero-order chi connectivity index (χ0) is 19.6. The lowest BCUT2D eigenvalue weighted by molar-refractivity contribution is -0.308. The molecule has 12 nitrogen and oxygen atoms in total. The number of hydrogen-bond acceptors (Lipinski definition) is 11. The first-order chi connectivity index (χ1) is 12.1. The zero-order valence-corrected chi connectivity index (χ0v) is 13.5. The van der Waals surface area contributed by atoms with Gasteiger partial charge in [-0.1, -0.05) is 0 Å². The Hall–Kier alpha value is -1.38. The fourth-order valence-electron chi connectivity index (χ4n) is 2.92. The van der Waals surface area contributed by atoms with E-state index in [-0.39, 0.29) is 0 Å². The fraction of sp³-hybridized carbons (Fsp3) is 0.857. The number of rotatable bonds is 5. The molecule has 150 valence electrons. The van der Waals surface area contributed by atoms with Gasteiger partial charge in [0.2, 0.25) is 0 Å². The second kappa shape index (κ2) is 8.10. The molecule has 0 saturated carbocycles. The quantitative estimate of drug-likeness (QED) is 0.177. The van der Waals surface area contributed by atoms with Gasteiger partial charge in [0.05, 0.1) is 13.2 Å². The molecular formula is C14H22O12. The number of aliphatic hydroxyl groups excluding tert-OH is 5. The Morgan fingerprint density at radius 1 is 1.04 bits per heavy atom. The Balaban J connectivity index is 2.00. The van der Waals surface area contributed by atoms with Gasteiger partial charge < -0.3 is 50.0 Å². The number of ether oxygens (including phenoxy) is 3. The Labute approximate surface area is 147 Å². The van der Waals surface area contributed by atoms with Crippen molar-refractivity contribution < 1.29 is 59.5 Å². The van der Waals surface area contributed by atoms with Gasteiger partial charge in [0.25, 0.3) is 0 Å². The molecule has 0 unspecified atom stereocenters. The van der Waals surface area contributed by atoms with E-state index in [0.29, 0.717) is 0 Å². The number of esters is 1. The number of aliphatic carboxylic acids is 1. The third kappa shape index (κ3) is 4.13. The fourth-order valence-corrected chi connectivity index (χ4v) is 2.92. The summed E-state index contributed by atoms with van der Waals surface area (Å²) in [6.07, 6.45) is -12.2. The van der Waals surface area contributed by atoms with Gasteiger partial charge in [-0.25, -0.2) is 0 Å². The average Bonchev–Trinajstić information content (AvgIpc) is 2.56. The van der Waals surface area contributed by atoms with Crippen LogP contribution >= 0.6 is 0 Å². The summed E-state index contributed by atoms with van der Waals surface area (Å²) in [6, 6.07) is 0. The van der Waals surface area contributed by atoms with E-state index in [1.54, 1.807) is 0 Å². The molecule has 7 N–H and O–H groups in total. The topological polar surface area (TPSA) is 203 Å². The Morgan fingerprint density at radius 2 is 1.69 bits per heavy atom. The van der Waals surface area contributed by atoms with Crippen LogP contribution in [0.15, 0.2) is 0 Å². The first-order valence-electron chi connectivity index (χ1n) is 7.81. The maximum atomic E-state index is 11.2. The smallest absolute Gasteiger partial charge is 0.317 e. The summed E-state index contributed by atoms with van der Waals surface area (Å²) >= 11 is 0. The molecule has 2 heterocycles. The zero-order valence-electron chi connectivity index (χ0n) is 13.5. The van der Waals surface area contributed by atoms with E-state index in [0.717, 1.165) is 0 Å². The van der Waals surface area contributed by atoms with E-state index >= 15 is 0 Å². The summed E-state index contributed by atoms with van der Waals surface area (Å²) in [5.41, 5.74) is -2.32. The van der Waals surface area contributed by atoms with Gasteiger partial charge in [-0.15, -0.1) is 0 Å². The van der Waals surface area contributed by atoms with Gasteiger partial charge in [-0.2, -0.15) is 0 Å². The van der Waals surface area contributed by atoms with E-state index in [9.17, 15) is 40.2 Å². The van der Waals surface area contributed by atoms with Crippen LogP contribution in [0.25, 0.3) is 0 Å². The first kappa shape index (κ1) is 20.9. The summed E-state index contributed by atoms with van der Waals surface area (Å²) < 4.78 is 14.9. The maximum Gasteiger partial charge on any atom is 0.317 e. The van der Waals surface area contributed by atoms with Crippen LogP contribution < -0.4 is 0 Å². The number of carboxylic acid groups (broad SMARTS) is 1. The number of aliphatic hydroxyl groups is 6. The summed E-state index contributed by atoms with van der Waals surface area (Å²) in [6.45, 7) is -1.66. The van der Waals surface area contributed by atoms with Crippen molar-refractivity contribution >= 4 is 11.9 Å². The van der Waals surface area contributed by atoms with Crippen LogP contribution in [0.1, 0.15) is 6.42 Å². The molecule has 0 aromatic heterocycles. The molecule has 2 aliphatic rings. The molecule has 2 aliphatic heterocycles. The van der Waals surface area contributed by atoms with Crippen LogP contribution in [0, 0.1) is 0 Å². The van der Waals surface area contributed by atoms with Crippen molar-refractivity contribution in [1.29, 1.82) is 0 Å². The van der Waals surface area contributed by atoms with Crippen LogP contribution in [-0.2, 0) is 23.8 Å². The highest BCUT2D eigenvalue weighted by Gasteiger charge is 2.58. The van der Waals surface area contributed by atoms with Crippen LogP contribution in [0.4, 0.5) is 0 Å². The highest BCUT2D eigenvalue weighted by molar-refractivity contribution is 5.90. The highest BCUT2D eigenvalue weighted by Crippen LogP contribution is 2.33. The molecule has 0 aromatic carbocycles. The van der Waals surface area contributed by atoms with Crippen LogP contribution in [-0.4, -0.2) is 116 Å². The third-order valence-corrected chi connectivity index (χ3v) is 4.44. The van der Waals surface area contributed by atoms with Gasteiger partial charge in [0.1, 0.15) is 61.4 Å². The van der Waals surface area contributed by atoms with Gasteiger partial charge in [0.15, 0.2) is 0 Å². The Kier molecular flexibility index (Phi) is 6.52. The van der Waals surface area contributed by atoms with Crippen molar-refractivity contribution in [3.8, 4) is 0 Å². The molecule has 8 atom stereocenters. The van der Waals surface area contributed by atoms with Crippen molar-refractivity contribution in [3.05, 3.63) is 0 Å². The van der Waals surface area contributed by atoms with Crippen molar-refractivity contribution in [1.82, 2.24) is 0 Å². The lowest BCUT2D eigenvalue weighted by Crippen LogP contribution is -2.72. The molecule has 2 saturated heterocycles. The van der Waals surface area contributed by atoms with Gasteiger partial charge in [0, 0.05) is 0 Å². The summed E-state index contributed by atoms with van der Waals surface area (Å²) in [5.74, 6) is -2.48. The van der Waals surface area contributed by atoms with Gasteiger partial charge in [-0.05, 0) is 0 Å². The number of carbonyl (C=O) groups is 2. The molecule has 2 fully saturated rings. The molecule has 0 amide bonds. The molecule has 0 bridgehead atoms. The van der Waals surface area contributed by atoms with E-state index in [1.165, 1.54) is 0 Å². The third-order valence-electron chi connectivity index (χ3n) is 4.44. The predicted octanol–water partition coefficient (Wildman–Crippen LogP) is -4.66. The van der Waals surface area contributed by atoms with Gasteiger partial charge in [-0.3, -0.25) is 9.59 Å². The summed E-state index contributed by atoms with van der Waals surface area (Å²) in [5, 5.41) is 68.6. The minimum atomic E-state index is -2.32. The number of hydrogen-bond donors (Lipinski definition) is 7. The number of carboxylic acids is 1. The monoisotopic (exact) mass is 382 g/mol. The highest BCUT2D eigenvalue weighted by atomic mass is 16.6. The van der Waals surface area contributed by atoms with Crippen molar-refractivity contribution in [2.24, 2.45) is 0 Å². The second-order valence-electron chi connectivity index (χ2n) is 6.33. The lowest BCUT2D eigenvalue weighted by atomic mass is 9.79. The van der Waals surface area contributed by atoms with E-state index in [1.807, 2.05) is 0 Å². The van der Waals surface area contributed by atoms with Crippen molar-refractivity contribution in [3.63, 3.8) is 0 Å². The van der Waals surface area contributed by atoms with Crippen molar-refractivity contribution in [2.75, 3.05) is 19.8 Å². The molecule has 0 spiro atoms. The largest absolute Gasteiger partial charge is 0.481 e. The Bertz CT molecular complexity index is 526. The molecular weight excluding hydrogens is 360 g/mol. The maximum absolute atomic E-state index is 11.2. The normalized spacial score (nSPS) is 43.7. The summed E-state index contributed by atoms with van der Waals surface area (Å²) in [7, 11) is 0. The van der Waals surface area contributed by atoms with Crippen molar-refractivity contribution in [2.45, 2.75) is 54.7 Å². The minimum Gasteiger partial charge on any atom is -0.481 e. The minimum absolute atomic E-state index is 0.426. The van der Waals surface area contributed by atoms with E-state index < -0.39 is 86.5 Å². The molecule has 12 heteroatoms. The summed E-state index contributed by atoms with van der Waals surface area (Å²) in [4.78, 5) is 21.6. The molecule has 26 heavy (non-hydrogen) atoms. The van der Waals surface area contributed by atoms with E-state index in [4.69, 9.17) is 14.6 Å². The van der Waals surface area contributed by atoms with E-state index in [2.05, 4.69) is 4.74 Å². The molecule has 0 aromatic rings. The van der Waals surface area contributed by atoms with Crippen LogP contribution in [0.2, 0.25) is 0 Å². The van der Waals surface area contributed by atoms with Crippen LogP contribution in [0.3, 0.4) is 0 Å². The molecule has 2 rings (SSSR count).